The number of nitrogens with zero attached hydrogens (tertiary/aromatic N) is 3. The van der Waals surface area contributed by atoms with Gasteiger partial charge in [0.25, 0.3) is 5.69 Å². The van der Waals surface area contributed by atoms with Crippen LogP contribution in [0.4, 0.5) is 11.4 Å². The van der Waals surface area contributed by atoms with Crippen molar-refractivity contribution in [2.45, 2.75) is 50.0 Å². The zero-order chi connectivity index (χ0) is 23.1. The van der Waals surface area contributed by atoms with Crippen LogP contribution in [-0.4, -0.2) is 86.0 Å². The van der Waals surface area contributed by atoms with Gasteiger partial charge in [-0.1, -0.05) is 24.1 Å². The molecule has 1 saturated heterocycles. The molecule has 3 rings (SSSR count). The molecule has 32 heavy (non-hydrogen) atoms. The largest absolute Gasteiger partial charge is 0.395 e. The lowest BCUT2D eigenvalue weighted by Gasteiger charge is -2.43. The summed E-state index contributed by atoms with van der Waals surface area (Å²) in [6.07, 6.45) is 2.88. The number of unbranched alkanes of at least 4 members (excludes halogenated alkanes) is 3. The van der Waals surface area contributed by atoms with Crippen molar-refractivity contribution in [2.75, 3.05) is 31.6 Å². The fourth-order valence-corrected chi connectivity index (χ4v) is 4.01. The van der Waals surface area contributed by atoms with E-state index in [1.165, 1.54) is 18.5 Å². The number of nitrogens with one attached hydrogen (secondary N) is 1. The highest BCUT2D eigenvalue weighted by atomic mass is 16.6. The minimum Gasteiger partial charge on any atom is -0.395 e. The first-order chi connectivity index (χ1) is 15.4. The maximum atomic E-state index is 11.4. The van der Waals surface area contributed by atoms with Crippen LogP contribution in [0.3, 0.4) is 0 Å². The van der Waals surface area contributed by atoms with Crippen molar-refractivity contribution < 1.29 is 29.9 Å². The zero-order valence-electron chi connectivity index (χ0n) is 17.7. The van der Waals surface area contributed by atoms with E-state index in [0.29, 0.717) is 29.9 Å². The second kappa shape index (κ2) is 11.3. The third kappa shape index (κ3) is 5.81. The molecule has 176 valence electrons. The summed E-state index contributed by atoms with van der Waals surface area (Å²) in [4.78, 5) is 12.8. The van der Waals surface area contributed by atoms with Crippen molar-refractivity contribution in [3.63, 3.8) is 0 Å². The van der Waals surface area contributed by atoms with Gasteiger partial charge < -0.3 is 30.3 Å². The first-order valence-corrected chi connectivity index (χ1v) is 10.7. The Morgan fingerprint density at radius 1 is 1.16 bits per heavy atom. The lowest BCUT2D eigenvalue weighted by Crippen LogP contribution is -2.62. The molecule has 1 aliphatic heterocycles. The van der Waals surface area contributed by atoms with E-state index in [1.807, 2.05) is 0 Å². The summed E-state index contributed by atoms with van der Waals surface area (Å²) in [7, 11) is 0. The number of hydrogen-bond acceptors (Lipinski definition) is 10. The molecule has 0 unspecified atom stereocenters. The van der Waals surface area contributed by atoms with E-state index < -0.39 is 29.3 Å². The number of benzene rings is 1. The number of aliphatic hydroxyl groups is 4. The molecule has 0 bridgehead atoms. The maximum absolute atomic E-state index is 11.4. The van der Waals surface area contributed by atoms with Gasteiger partial charge in [-0.15, -0.1) is 0 Å². The quantitative estimate of drug-likeness (QED) is 0.189. The molecule has 1 fully saturated rings. The average Bonchev–Trinajstić information content (AvgIpc) is 3.32. The number of piperidine rings is 1. The van der Waals surface area contributed by atoms with Crippen molar-refractivity contribution in [3.8, 4) is 11.1 Å². The van der Waals surface area contributed by atoms with Crippen LogP contribution in [0.25, 0.3) is 11.1 Å². The SMILES string of the molecule is O=[N+]([O-])c1cc(-c2cnoc2)ccc1NCCCCCCN1C[C@H](O)[C@@H](O)[C@H](O)[C@H]1CO. The third-order valence-corrected chi connectivity index (χ3v) is 5.86. The lowest BCUT2D eigenvalue weighted by molar-refractivity contribution is -0.383. The summed E-state index contributed by atoms with van der Waals surface area (Å²) in [5.41, 5.74) is 1.77. The predicted octanol–water partition coefficient (Wildman–Crippen LogP) is 0.981. The summed E-state index contributed by atoms with van der Waals surface area (Å²) in [5, 5.41) is 57.3. The number of aliphatic hydroxyl groups excluding tert-OH is 4. The van der Waals surface area contributed by atoms with Crippen molar-refractivity contribution in [1.29, 1.82) is 0 Å². The Balaban J connectivity index is 1.41. The maximum Gasteiger partial charge on any atom is 0.292 e. The molecule has 11 heteroatoms. The molecule has 1 aromatic heterocycles. The van der Waals surface area contributed by atoms with Gasteiger partial charge in [-0.05, 0) is 31.0 Å². The van der Waals surface area contributed by atoms with E-state index in [1.54, 1.807) is 17.0 Å². The number of hydrogen-bond donors (Lipinski definition) is 5. The summed E-state index contributed by atoms with van der Waals surface area (Å²) >= 11 is 0. The van der Waals surface area contributed by atoms with Crippen molar-refractivity contribution in [3.05, 3.63) is 40.8 Å². The molecule has 0 saturated carbocycles. The van der Waals surface area contributed by atoms with Gasteiger partial charge in [0.05, 0.1) is 29.9 Å². The molecule has 5 N–H and O–H groups in total. The summed E-state index contributed by atoms with van der Waals surface area (Å²) in [5.74, 6) is 0. The van der Waals surface area contributed by atoms with Gasteiger partial charge in [0.1, 0.15) is 24.2 Å². The number of rotatable bonds is 11. The van der Waals surface area contributed by atoms with E-state index in [2.05, 4.69) is 10.5 Å². The normalized spacial score (nSPS) is 23.9. The Kier molecular flexibility index (Phi) is 8.53. The first-order valence-electron chi connectivity index (χ1n) is 10.7. The molecule has 1 aliphatic rings. The molecule has 2 heterocycles. The Morgan fingerprint density at radius 3 is 2.62 bits per heavy atom. The molecule has 0 spiro atoms. The highest BCUT2D eigenvalue weighted by Crippen LogP contribution is 2.30. The van der Waals surface area contributed by atoms with Gasteiger partial charge in [-0.3, -0.25) is 15.0 Å². The topological polar surface area (TPSA) is 165 Å². The molecule has 0 radical (unpaired) electrons. The Bertz CT molecular complexity index is 864. The van der Waals surface area contributed by atoms with Gasteiger partial charge in [0.2, 0.25) is 0 Å². The minimum absolute atomic E-state index is 0.0110. The fourth-order valence-electron chi connectivity index (χ4n) is 4.01. The third-order valence-electron chi connectivity index (χ3n) is 5.86. The Morgan fingerprint density at radius 2 is 1.94 bits per heavy atom. The highest BCUT2D eigenvalue weighted by Gasteiger charge is 2.40. The van der Waals surface area contributed by atoms with Crippen LogP contribution in [0.15, 0.2) is 35.2 Å². The Hall–Kier alpha value is -2.57. The van der Waals surface area contributed by atoms with Crippen LogP contribution in [0.1, 0.15) is 25.7 Å². The molecular weight excluding hydrogens is 420 g/mol. The number of aromatic nitrogens is 1. The monoisotopic (exact) mass is 450 g/mol. The van der Waals surface area contributed by atoms with E-state index >= 15 is 0 Å². The number of nitro benzene ring substituents is 1. The van der Waals surface area contributed by atoms with E-state index in [4.69, 9.17) is 4.52 Å². The molecule has 0 amide bonds. The van der Waals surface area contributed by atoms with Crippen LogP contribution >= 0.6 is 0 Å². The molecule has 0 aliphatic carbocycles. The number of anilines is 1. The van der Waals surface area contributed by atoms with Crippen LogP contribution < -0.4 is 5.32 Å². The lowest BCUT2D eigenvalue weighted by atomic mass is 9.94. The number of likely N-dealkylation sites (tertiary alicyclic amines) is 1. The predicted molar refractivity (Wildman–Crippen MR) is 116 cm³/mol. The van der Waals surface area contributed by atoms with Crippen LogP contribution in [0, 0.1) is 10.1 Å². The van der Waals surface area contributed by atoms with Gasteiger partial charge in [0, 0.05) is 24.7 Å². The summed E-state index contributed by atoms with van der Waals surface area (Å²) in [6.45, 7) is 1.10. The first kappa shape index (κ1) is 24.1. The van der Waals surface area contributed by atoms with Crippen molar-refractivity contribution >= 4 is 11.4 Å². The van der Waals surface area contributed by atoms with Crippen molar-refractivity contribution in [2.24, 2.45) is 0 Å². The molecule has 4 atom stereocenters. The zero-order valence-corrected chi connectivity index (χ0v) is 17.7. The van der Waals surface area contributed by atoms with Gasteiger partial charge in [0.15, 0.2) is 0 Å². The van der Waals surface area contributed by atoms with Crippen molar-refractivity contribution in [1.82, 2.24) is 10.1 Å². The summed E-state index contributed by atoms with van der Waals surface area (Å²) < 4.78 is 4.79. The number of β-amino-alcohol motifs (C(OH)–C–C–N with tert-alkyl or cyclic N) is 1. The second-order valence-corrected chi connectivity index (χ2v) is 8.04. The van der Waals surface area contributed by atoms with E-state index in [-0.39, 0.29) is 18.8 Å². The van der Waals surface area contributed by atoms with Crippen LogP contribution in [0.5, 0.6) is 0 Å². The second-order valence-electron chi connectivity index (χ2n) is 8.04. The smallest absolute Gasteiger partial charge is 0.292 e. The fraction of sp³-hybridized carbons (Fsp3) is 0.571. The van der Waals surface area contributed by atoms with E-state index in [9.17, 15) is 30.5 Å². The van der Waals surface area contributed by atoms with Crippen LogP contribution in [-0.2, 0) is 0 Å². The average molecular weight is 450 g/mol. The highest BCUT2D eigenvalue weighted by molar-refractivity contribution is 5.72. The van der Waals surface area contributed by atoms with Gasteiger partial charge in [-0.2, -0.15) is 0 Å². The van der Waals surface area contributed by atoms with Gasteiger partial charge in [-0.25, -0.2) is 0 Å². The Labute approximate surface area is 185 Å². The minimum atomic E-state index is -1.25. The van der Waals surface area contributed by atoms with Gasteiger partial charge >= 0.3 is 0 Å². The van der Waals surface area contributed by atoms with Crippen LogP contribution in [0.2, 0.25) is 0 Å². The number of nitro groups is 1. The molecule has 1 aromatic carbocycles. The summed E-state index contributed by atoms with van der Waals surface area (Å²) in [6, 6.07) is 4.36. The molecule has 2 aromatic rings. The molecule has 11 nitrogen and oxygen atoms in total. The standard InChI is InChI=1S/C21H30N4O7/c26-12-18-20(28)21(29)19(27)11-24(18)8-4-2-1-3-7-22-16-6-5-14(9-17(16)25(30)31)15-10-23-32-13-15/h5-6,9-10,13,18-22,26-29H,1-4,7-8,11-12H2/t18-,19+,20-,21-/m1/s1. The van der Waals surface area contributed by atoms with E-state index in [0.717, 1.165) is 25.7 Å². The molecular formula is C21H30N4O7.